The number of nitrogens with one attached hydrogen (secondary N) is 1. The number of rotatable bonds is 5. The molecule has 2 N–H and O–H groups in total. The number of hydrogen-bond donors (Lipinski definition) is 2. The highest BCUT2D eigenvalue weighted by Gasteiger charge is 2.35. The Morgan fingerprint density at radius 2 is 2.43 bits per heavy atom. The van der Waals surface area contributed by atoms with Crippen LogP contribution in [0, 0.1) is 0 Å². The van der Waals surface area contributed by atoms with Crippen molar-refractivity contribution in [3.63, 3.8) is 0 Å². The van der Waals surface area contributed by atoms with Crippen LogP contribution in [0.25, 0.3) is 0 Å². The Morgan fingerprint density at radius 3 is 2.93 bits per heavy atom. The second kappa shape index (κ2) is 4.33. The summed E-state index contributed by atoms with van der Waals surface area (Å²) in [7, 11) is 0. The zero-order valence-corrected chi connectivity index (χ0v) is 8.89. The molecule has 0 radical (unpaired) electrons. The molecule has 1 aliphatic carbocycles. The van der Waals surface area contributed by atoms with Gasteiger partial charge in [-0.15, -0.1) is 5.10 Å². The summed E-state index contributed by atoms with van der Waals surface area (Å²) < 4.78 is 3.81. The van der Waals surface area contributed by atoms with Crippen LogP contribution in [0.4, 0.5) is 0 Å². The summed E-state index contributed by atoms with van der Waals surface area (Å²) >= 11 is 1.38. The highest BCUT2D eigenvalue weighted by Crippen LogP contribution is 2.34. The normalized spacial score (nSPS) is 19.2. The van der Waals surface area contributed by atoms with E-state index in [0.29, 0.717) is 0 Å². The molecule has 0 bridgehead atoms. The van der Waals surface area contributed by atoms with Crippen molar-refractivity contribution in [3.05, 3.63) is 11.1 Å². The maximum absolute atomic E-state index is 8.96. The average molecular weight is 213 g/mol. The molecule has 0 amide bonds. The predicted octanol–water partition coefficient (Wildman–Crippen LogP) is 0.933. The van der Waals surface area contributed by atoms with E-state index < -0.39 is 0 Å². The minimum atomic E-state index is 0.179. The summed E-state index contributed by atoms with van der Waals surface area (Å²) in [6.07, 6.45) is 4.46. The Morgan fingerprint density at radius 1 is 1.57 bits per heavy atom. The quantitative estimate of drug-likeness (QED) is 0.764. The standard InChI is InChI=1S/C9H15N3OS/c13-5-4-9(2-1-3-9)10-6-8-7-14-12-11-8/h7,10,13H,1-6H2. The van der Waals surface area contributed by atoms with Crippen LogP contribution in [0.5, 0.6) is 0 Å². The van der Waals surface area contributed by atoms with Gasteiger partial charge in [-0.1, -0.05) is 4.49 Å². The highest BCUT2D eigenvalue weighted by atomic mass is 32.1. The molecule has 0 unspecified atom stereocenters. The fourth-order valence-corrected chi connectivity index (χ4v) is 2.32. The minimum absolute atomic E-state index is 0.179. The van der Waals surface area contributed by atoms with Crippen LogP contribution in [0.1, 0.15) is 31.4 Å². The molecule has 5 heteroatoms. The Kier molecular flexibility index (Phi) is 3.10. The topological polar surface area (TPSA) is 58.0 Å². The lowest BCUT2D eigenvalue weighted by Gasteiger charge is -2.42. The molecule has 0 aliphatic heterocycles. The van der Waals surface area contributed by atoms with Gasteiger partial charge >= 0.3 is 0 Å². The van der Waals surface area contributed by atoms with Crippen molar-refractivity contribution >= 4 is 11.5 Å². The summed E-state index contributed by atoms with van der Waals surface area (Å²) in [6, 6.07) is 0. The largest absolute Gasteiger partial charge is 0.396 e. The van der Waals surface area contributed by atoms with Gasteiger partial charge in [0.05, 0.1) is 5.69 Å². The zero-order valence-electron chi connectivity index (χ0n) is 8.07. The van der Waals surface area contributed by atoms with E-state index in [2.05, 4.69) is 14.9 Å². The van der Waals surface area contributed by atoms with E-state index in [-0.39, 0.29) is 12.1 Å². The maximum Gasteiger partial charge on any atom is 0.0893 e. The van der Waals surface area contributed by atoms with E-state index >= 15 is 0 Å². The van der Waals surface area contributed by atoms with Gasteiger partial charge in [0.1, 0.15) is 0 Å². The SMILES string of the molecule is OCCC1(NCc2csnn2)CCC1. The lowest BCUT2D eigenvalue weighted by Crippen LogP contribution is -2.51. The van der Waals surface area contributed by atoms with Crippen molar-refractivity contribution in [1.82, 2.24) is 14.9 Å². The van der Waals surface area contributed by atoms with Gasteiger partial charge in [-0.25, -0.2) is 0 Å². The summed E-state index contributed by atoms with van der Waals surface area (Å²) in [5.74, 6) is 0. The average Bonchev–Trinajstić information content (AvgIpc) is 2.62. The van der Waals surface area contributed by atoms with Crippen LogP contribution in [-0.4, -0.2) is 26.8 Å². The Bertz CT molecular complexity index is 272. The van der Waals surface area contributed by atoms with E-state index in [1.165, 1.54) is 30.8 Å². The zero-order chi connectivity index (χ0) is 9.86. The van der Waals surface area contributed by atoms with Crippen LogP contribution in [0.2, 0.25) is 0 Å². The monoisotopic (exact) mass is 213 g/mol. The van der Waals surface area contributed by atoms with Crippen molar-refractivity contribution in [2.75, 3.05) is 6.61 Å². The molecule has 1 aromatic heterocycles. The van der Waals surface area contributed by atoms with Gasteiger partial charge in [0.25, 0.3) is 0 Å². The summed E-state index contributed by atoms with van der Waals surface area (Å²) in [5, 5.41) is 18.4. The van der Waals surface area contributed by atoms with Crippen LogP contribution in [0.3, 0.4) is 0 Å². The predicted molar refractivity (Wildman–Crippen MR) is 55.0 cm³/mol. The fourth-order valence-electron chi connectivity index (χ4n) is 1.87. The van der Waals surface area contributed by atoms with Gasteiger partial charge in [-0.05, 0) is 37.2 Å². The third kappa shape index (κ3) is 2.10. The molecule has 78 valence electrons. The number of nitrogens with zero attached hydrogens (tertiary/aromatic N) is 2. The van der Waals surface area contributed by atoms with Crippen LogP contribution in [0.15, 0.2) is 5.38 Å². The number of aliphatic hydroxyl groups excluding tert-OH is 1. The Labute approximate surface area is 87.5 Å². The first kappa shape index (κ1) is 10.0. The minimum Gasteiger partial charge on any atom is -0.396 e. The van der Waals surface area contributed by atoms with E-state index in [1.54, 1.807) is 0 Å². The molecule has 0 spiro atoms. The van der Waals surface area contributed by atoms with Crippen molar-refractivity contribution < 1.29 is 5.11 Å². The van der Waals surface area contributed by atoms with E-state index in [1.807, 2.05) is 5.38 Å². The van der Waals surface area contributed by atoms with Gasteiger partial charge in [-0.2, -0.15) is 0 Å². The molecule has 0 saturated heterocycles. The molecular formula is C9H15N3OS. The lowest BCUT2D eigenvalue weighted by atomic mass is 9.74. The third-order valence-electron chi connectivity index (χ3n) is 2.95. The maximum atomic E-state index is 8.96. The molecule has 1 fully saturated rings. The first-order chi connectivity index (χ1) is 6.85. The van der Waals surface area contributed by atoms with Crippen LogP contribution >= 0.6 is 11.5 Å². The Hall–Kier alpha value is -0.520. The van der Waals surface area contributed by atoms with Gasteiger partial charge in [0.2, 0.25) is 0 Å². The molecule has 0 atom stereocenters. The first-order valence-electron chi connectivity index (χ1n) is 4.96. The van der Waals surface area contributed by atoms with E-state index in [4.69, 9.17) is 5.11 Å². The third-order valence-corrected chi connectivity index (χ3v) is 3.50. The number of hydrogen-bond acceptors (Lipinski definition) is 5. The fraction of sp³-hybridized carbons (Fsp3) is 0.778. The molecule has 14 heavy (non-hydrogen) atoms. The lowest BCUT2D eigenvalue weighted by molar-refractivity contribution is 0.129. The molecule has 1 saturated carbocycles. The second-order valence-electron chi connectivity index (χ2n) is 3.86. The van der Waals surface area contributed by atoms with Crippen molar-refractivity contribution in [3.8, 4) is 0 Å². The summed E-state index contributed by atoms with van der Waals surface area (Å²) in [6.45, 7) is 1.04. The van der Waals surface area contributed by atoms with Crippen molar-refractivity contribution in [2.24, 2.45) is 0 Å². The molecule has 1 aromatic rings. The summed E-state index contributed by atoms with van der Waals surface area (Å²) in [4.78, 5) is 0. The molecule has 1 heterocycles. The molecular weight excluding hydrogens is 198 g/mol. The molecule has 0 aromatic carbocycles. The number of aromatic nitrogens is 2. The van der Waals surface area contributed by atoms with Crippen LogP contribution in [-0.2, 0) is 6.54 Å². The van der Waals surface area contributed by atoms with Crippen LogP contribution < -0.4 is 5.32 Å². The first-order valence-corrected chi connectivity index (χ1v) is 5.80. The van der Waals surface area contributed by atoms with Gasteiger partial charge in [0.15, 0.2) is 0 Å². The second-order valence-corrected chi connectivity index (χ2v) is 4.47. The Balaban J connectivity index is 1.83. The molecule has 2 rings (SSSR count). The summed E-state index contributed by atoms with van der Waals surface area (Å²) in [5.41, 5.74) is 1.18. The van der Waals surface area contributed by atoms with E-state index in [9.17, 15) is 0 Å². The molecule has 1 aliphatic rings. The van der Waals surface area contributed by atoms with E-state index in [0.717, 1.165) is 18.7 Å². The highest BCUT2D eigenvalue weighted by molar-refractivity contribution is 7.03. The molecule has 4 nitrogen and oxygen atoms in total. The number of aliphatic hydroxyl groups is 1. The van der Waals surface area contributed by atoms with Gasteiger partial charge in [-0.3, -0.25) is 0 Å². The smallest absolute Gasteiger partial charge is 0.0893 e. The van der Waals surface area contributed by atoms with Gasteiger partial charge < -0.3 is 10.4 Å². The van der Waals surface area contributed by atoms with Gasteiger partial charge in [0, 0.05) is 24.1 Å². The van der Waals surface area contributed by atoms with Crippen molar-refractivity contribution in [1.29, 1.82) is 0 Å². The van der Waals surface area contributed by atoms with Crippen molar-refractivity contribution in [2.45, 2.75) is 37.8 Å².